The van der Waals surface area contributed by atoms with E-state index < -0.39 is 0 Å². The minimum Gasteiger partial charge on any atom is -0.507 e. The van der Waals surface area contributed by atoms with Crippen molar-refractivity contribution < 1.29 is 24.0 Å². The van der Waals surface area contributed by atoms with Crippen LogP contribution in [-0.4, -0.2) is 32.1 Å². The van der Waals surface area contributed by atoms with Gasteiger partial charge in [-0.1, -0.05) is 0 Å². The number of benzene rings is 2. The summed E-state index contributed by atoms with van der Waals surface area (Å²) in [5, 5.41) is 10.9. The molecule has 2 N–H and O–H groups in total. The SMILES string of the molecule is COc1ccc(C(=O)c2coc3ccc(O)c(C[NH+](C)C)c23)cc1. The number of phenols is 1. The molecule has 0 spiro atoms. The summed E-state index contributed by atoms with van der Waals surface area (Å²) in [6.07, 6.45) is 1.46. The van der Waals surface area contributed by atoms with Crippen molar-refractivity contribution in [2.24, 2.45) is 0 Å². The molecule has 0 saturated heterocycles. The molecule has 2 aromatic carbocycles. The number of rotatable bonds is 5. The molecule has 0 amide bonds. The number of ether oxygens (including phenoxy) is 1. The first-order chi connectivity index (χ1) is 11.5. The Morgan fingerprint density at radius 3 is 2.50 bits per heavy atom. The summed E-state index contributed by atoms with van der Waals surface area (Å²) in [6, 6.07) is 10.2. The summed E-state index contributed by atoms with van der Waals surface area (Å²) in [6.45, 7) is 0.589. The molecule has 0 bridgehead atoms. The number of methoxy groups -OCH3 is 1. The molecule has 24 heavy (non-hydrogen) atoms. The molecular weight excluding hydrogens is 306 g/mol. The standard InChI is InChI=1S/C19H19NO4/c1-20(2)10-14-16(21)8-9-17-18(14)15(11-24-17)19(22)12-4-6-13(23-3)7-5-12/h4-9,11,21H,10H2,1-3H3/p+1. The van der Waals surface area contributed by atoms with Crippen LogP contribution < -0.4 is 9.64 Å². The number of aromatic hydroxyl groups is 1. The highest BCUT2D eigenvalue weighted by Crippen LogP contribution is 2.32. The predicted molar refractivity (Wildman–Crippen MR) is 90.8 cm³/mol. The molecule has 0 aliphatic rings. The van der Waals surface area contributed by atoms with E-state index in [4.69, 9.17) is 9.15 Å². The Kier molecular flexibility index (Phi) is 4.27. The maximum Gasteiger partial charge on any atom is 0.196 e. The minimum absolute atomic E-state index is 0.142. The first-order valence-electron chi connectivity index (χ1n) is 7.71. The lowest BCUT2D eigenvalue weighted by atomic mass is 9.98. The first kappa shape index (κ1) is 16.1. The molecule has 124 valence electrons. The summed E-state index contributed by atoms with van der Waals surface area (Å²) in [7, 11) is 5.56. The highest BCUT2D eigenvalue weighted by molar-refractivity contribution is 6.16. The van der Waals surface area contributed by atoms with Gasteiger partial charge in [0.1, 0.15) is 29.9 Å². The van der Waals surface area contributed by atoms with Crippen LogP contribution in [0.15, 0.2) is 47.1 Å². The maximum atomic E-state index is 12.9. The molecule has 0 aliphatic heterocycles. The van der Waals surface area contributed by atoms with Gasteiger partial charge in [0.15, 0.2) is 5.78 Å². The molecule has 0 saturated carbocycles. The van der Waals surface area contributed by atoms with E-state index >= 15 is 0 Å². The topological polar surface area (TPSA) is 64.1 Å². The lowest BCUT2D eigenvalue weighted by molar-refractivity contribution is -0.872. The van der Waals surface area contributed by atoms with Crippen molar-refractivity contribution in [3.8, 4) is 11.5 Å². The second kappa shape index (κ2) is 6.37. The number of furan rings is 1. The lowest BCUT2D eigenvalue weighted by Crippen LogP contribution is -3.04. The van der Waals surface area contributed by atoms with Gasteiger partial charge in [0.05, 0.1) is 32.3 Å². The fourth-order valence-electron chi connectivity index (χ4n) is 2.79. The Bertz CT molecular complexity index is 878. The number of nitrogens with one attached hydrogen (secondary N) is 1. The third kappa shape index (κ3) is 2.86. The number of carbonyl (C=O) groups is 1. The van der Waals surface area contributed by atoms with Crippen LogP contribution in [0.25, 0.3) is 11.0 Å². The third-order valence-electron chi connectivity index (χ3n) is 3.95. The summed E-state index contributed by atoms with van der Waals surface area (Å²) >= 11 is 0. The number of carbonyl (C=O) groups excluding carboxylic acids is 1. The van der Waals surface area contributed by atoms with Crippen molar-refractivity contribution in [2.45, 2.75) is 6.54 Å². The zero-order valence-corrected chi connectivity index (χ0v) is 13.9. The number of phenolic OH excluding ortho intramolecular Hbond substituents is 1. The van der Waals surface area contributed by atoms with Gasteiger partial charge in [-0.05, 0) is 36.4 Å². The van der Waals surface area contributed by atoms with Crippen LogP contribution in [0.4, 0.5) is 0 Å². The van der Waals surface area contributed by atoms with Crippen molar-refractivity contribution in [1.29, 1.82) is 0 Å². The Morgan fingerprint density at radius 1 is 1.17 bits per heavy atom. The van der Waals surface area contributed by atoms with Gasteiger partial charge in [-0.15, -0.1) is 0 Å². The Labute approximate surface area is 140 Å². The van der Waals surface area contributed by atoms with Gasteiger partial charge in [0, 0.05) is 10.9 Å². The fourth-order valence-corrected chi connectivity index (χ4v) is 2.79. The smallest absolute Gasteiger partial charge is 0.196 e. The van der Waals surface area contributed by atoms with Gasteiger partial charge in [0.25, 0.3) is 0 Å². The van der Waals surface area contributed by atoms with Crippen LogP contribution in [0, 0.1) is 0 Å². The van der Waals surface area contributed by atoms with E-state index in [-0.39, 0.29) is 11.5 Å². The van der Waals surface area contributed by atoms with Crippen molar-refractivity contribution in [3.63, 3.8) is 0 Å². The molecule has 5 nitrogen and oxygen atoms in total. The summed E-state index contributed by atoms with van der Waals surface area (Å²) in [5.74, 6) is 0.726. The Balaban J connectivity index is 2.11. The van der Waals surface area contributed by atoms with Crippen LogP contribution in [0.3, 0.4) is 0 Å². The predicted octanol–water partition coefficient (Wildman–Crippen LogP) is 2.02. The first-order valence-corrected chi connectivity index (χ1v) is 7.71. The van der Waals surface area contributed by atoms with E-state index in [9.17, 15) is 9.90 Å². The lowest BCUT2D eigenvalue weighted by Gasteiger charge is -2.11. The number of ketones is 1. The molecular formula is C19H20NO4+. The van der Waals surface area contributed by atoms with Gasteiger partial charge in [-0.3, -0.25) is 4.79 Å². The number of hydrogen-bond acceptors (Lipinski definition) is 4. The van der Waals surface area contributed by atoms with E-state index in [2.05, 4.69) is 0 Å². The van der Waals surface area contributed by atoms with Crippen LogP contribution in [-0.2, 0) is 6.54 Å². The molecule has 1 aromatic heterocycles. The van der Waals surface area contributed by atoms with Gasteiger partial charge in [-0.2, -0.15) is 0 Å². The molecule has 3 rings (SSSR count). The quantitative estimate of drug-likeness (QED) is 0.704. The number of fused-ring (bicyclic) bond motifs is 1. The van der Waals surface area contributed by atoms with Gasteiger partial charge < -0.3 is 19.2 Å². The van der Waals surface area contributed by atoms with E-state index in [1.807, 2.05) is 14.1 Å². The van der Waals surface area contributed by atoms with Crippen molar-refractivity contribution in [2.75, 3.05) is 21.2 Å². The van der Waals surface area contributed by atoms with Crippen molar-refractivity contribution in [1.82, 2.24) is 0 Å². The average Bonchev–Trinajstić information content (AvgIpc) is 3.01. The minimum atomic E-state index is -0.142. The van der Waals surface area contributed by atoms with E-state index in [1.165, 1.54) is 6.26 Å². The highest BCUT2D eigenvalue weighted by Gasteiger charge is 2.21. The van der Waals surface area contributed by atoms with Gasteiger partial charge in [0.2, 0.25) is 0 Å². The zero-order valence-electron chi connectivity index (χ0n) is 13.9. The second-order valence-corrected chi connectivity index (χ2v) is 6.03. The number of hydrogen-bond donors (Lipinski definition) is 2. The summed E-state index contributed by atoms with van der Waals surface area (Å²) in [4.78, 5) is 14.0. The molecule has 3 aromatic rings. The maximum absolute atomic E-state index is 12.9. The van der Waals surface area contributed by atoms with E-state index in [0.29, 0.717) is 34.4 Å². The molecule has 0 atom stereocenters. The third-order valence-corrected chi connectivity index (χ3v) is 3.95. The molecule has 5 heteroatoms. The molecule has 0 unspecified atom stereocenters. The van der Waals surface area contributed by atoms with Crippen molar-refractivity contribution in [3.05, 3.63) is 59.4 Å². The molecule has 1 heterocycles. The van der Waals surface area contributed by atoms with Crippen LogP contribution in [0.1, 0.15) is 21.5 Å². The number of quaternary nitrogens is 1. The van der Waals surface area contributed by atoms with E-state index in [1.54, 1.807) is 43.5 Å². The van der Waals surface area contributed by atoms with Crippen LogP contribution in [0.2, 0.25) is 0 Å². The highest BCUT2D eigenvalue weighted by atomic mass is 16.5. The largest absolute Gasteiger partial charge is 0.507 e. The molecule has 0 radical (unpaired) electrons. The van der Waals surface area contributed by atoms with Crippen molar-refractivity contribution >= 4 is 16.8 Å². The summed E-state index contributed by atoms with van der Waals surface area (Å²) in [5.41, 5.74) is 2.33. The molecule has 0 fully saturated rings. The van der Waals surface area contributed by atoms with E-state index in [0.717, 1.165) is 10.5 Å². The van der Waals surface area contributed by atoms with Crippen LogP contribution in [0.5, 0.6) is 11.5 Å². The monoisotopic (exact) mass is 326 g/mol. The van der Waals surface area contributed by atoms with Crippen LogP contribution >= 0.6 is 0 Å². The normalized spacial score (nSPS) is 11.2. The average molecular weight is 326 g/mol. The fraction of sp³-hybridized carbons (Fsp3) is 0.211. The van der Waals surface area contributed by atoms with Gasteiger partial charge >= 0.3 is 0 Å². The summed E-state index contributed by atoms with van der Waals surface area (Å²) < 4.78 is 10.7. The Morgan fingerprint density at radius 2 is 1.88 bits per heavy atom. The van der Waals surface area contributed by atoms with Gasteiger partial charge in [-0.25, -0.2) is 0 Å². The second-order valence-electron chi connectivity index (χ2n) is 6.03. The Hall–Kier alpha value is -2.79. The zero-order chi connectivity index (χ0) is 17.3. The molecule has 0 aliphatic carbocycles.